The molecule has 0 unspecified atom stereocenters. The topological polar surface area (TPSA) is 93.3 Å². The van der Waals surface area contributed by atoms with Crippen molar-refractivity contribution in [2.24, 2.45) is 0 Å². The first kappa shape index (κ1) is 13.9. The molecule has 1 fully saturated rings. The van der Waals surface area contributed by atoms with Crippen LogP contribution >= 0.6 is 0 Å². The van der Waals surface area contributed by atoms with Crippen LogP contribution in [0.1, 0.15) is 39.5 Å². The van der Waals surface area contributed by atoms with E-state index < -0.39 is 0 Å². The van der Waals surface area contributed by atoms with E-state index in [4.69, 9.17) is 10.5 Å². The van der Waals surface area contributed by atoms with Gasteiger partial charge in [0.05, 0.1) is 18.2 Å². The zero-order valence-corrected chi connectivity index (χ0v) is 11.5. The molecule has 0 amide bonds. The van der Waals surface area contributed by atoms with Gasteiger partial charge in [-0.05, 0) is 26.7 Å². The van der Waals surface area contributed by atoms with Crippen LogP contribution in [0.15, 0.2) is 6.07 Å². The van der Waals surface area contributed by atoms with Crippen LogP contribution in [0, 0.1) is 0 Å². The number of nitrogens with two attached hydrogens (primary N) is 1. The summed E-state index contributed by atoms with van der Waals surface area (Å²) in [5.41, 5.74) is 5.67. The summed E-state index contributed by atoms with van der Waals surface area (Å²) in [4.78, 5) is 8.16. The summed E-state index contributed by atoms with van der Waals surface area (Å²) < 4.78 is 5.52. The van der Waals surface area contributed by atoms with E-state index in [-0.39, 0.29) is 24.2 Å². The first-order valence-corrected chi connectivity index (χ1v) is 6.80. The number of rotatable bonds is 4. The minimum Gasteiger partial charge on any atom is -0.475 e. The van der Waals surface area contributed by atoms with Crippen LogP contribution in [0.3, 0.4) is 0 Å². The number of aromatic nitrogens is 2. The van der Waals surface area contributed by atoms with Crippen molar-refractivity contribution in [3.05, 3.63) is 6.07 Å². The van der Waals surface area contributed by atoms with Crippen molar-refractivity contribution >= 4 is 11.8 Å². The van der Waals surface area contributed by atoms with Gasteiger partial charge in [0.2, 0.25) is 11.8 Å². The molecule has 1 aliphatic carbocycles. The highest BCUT2D eigenvalue weighted by molar-refractivity contribution is 5.43. The predicted octanol–water partition coefficient (Wildman–Crippen LogP) is 1.56. The molecule has 1 aromatic heterocycles. The summed E-state index contributed by atoms with van der Waals surface area (Å²) in [6.45, 7) is 3.85. The van der Waals surface area contributed by atoms with Crippen molar-refractivity contribution in [2.75, 3.05) is 11.1 Å². The lowest BCUT2D eigenvalue weighted by atomic mass is 9.93. The maximum Gasteiger partial charge on any atom is 0.225 e. The van der Waals surface area contributed by atoms with Crippen molar-refractivity contribution in [2.45, 2.75) is 57.8 Å². The van der Waals surface area contributed by atoms with E-state index in [0.717, 1.165) is 25.7 Å². The summed E-state index contributed by atoms with van der Waals surface area (Å²) in [7, 11) is 0. The summed E-state index contributed by atoms with van der Waals surface area (Å²) in [5.74, 6) is 1.23. The Balaban J connectivity index is 2.08. The number of aliphatic hydroxyl groups is 1. The standard InChI is InChI=1S/C13H22N4O2/c1-8(2)19-12-7-11(16-13(14)17-12)15-9-5-3-4-6-10(9)18/h7-10,18H,3-6H2,1-2H3,(H3,14,15,16,17)/t9-,10-/m1/s1. The molecule has 106 valence electrons. The van der Waals surface area contributed by atoms with E-state index in [1.165, 1.54) is 0 Å². The molecule has 6 heteroatoms. The van der Waals surface area contributed by atoms with Crippen LogP contribution in [-0.4, -0.2) is 33.3 Å². The predicted molar refractivity (Wildman–Crippen MR) is 74.1 cm³/mol. The Labute approximate surface area is 113 Å². The largest absolute Gasteiger partial charge is 0.475 e. The third kappa shape index (κ3) is 3.96. The van der Waals surface area contributed by atoms with E-state index in [0.29, 0.717) is 11.7 Å². The number of anilines is 2. The fourth-order valence-corrected chi connectivity index (χ4v) is 2.29. The minimum atomic E-state index is -0.334. The molecule has 2 rings (SSSR count). The molecule has 0 bridgehead atoms. The lowest BCUT2D eigenvalue weighted by Crippen LogP contribution is -2.36. The summed E-state index contributed by atoms with van der Waals surface area (Å²) in [6, 6.07) is 1.74. The molecular weight excluding hydrogens is 244 g/mol. The number of nitrogens with one attached hydrogen (secondary N) is 1. The first-order valence-electron chi connectivity index (χ1n) is 6.80. The van der Waals surface area contributed by atoms with Crippen LogP contribution in [0.2, 0.25) is 0 Å². The van der Waals surface area contributed by atoms with Crippen molar-refractivity contribution in [3.63, 3.8) is 0 Å². The first-order chi connectivity index (χ1) is 9.04. The van der Waals surface area contributed by atoms with E-state index in [1.54, 1.807) is 6.07 Å². The number of hydrogen-bond donors (Lipinski definition) is 3. The Morgan fingerprint density at radius 3 is 2.79 bits per heavy atom. The molecule has 19 heavy (non-hydrogen) atoms. The van der Waals surface area contributed by atoms with Crippen LogP contribution in [0.25, 0.3) is 0 Å². The van der Waals surface area contributed by atoms with Crippen LogP contribution in [0.5, 0.6) is 5.88 Å². The molecular formula is C13H22N4O2. The number of nitrogen functional groups attached to an aromatic ring is 1. The molecule has 1 aromatic rings. The molecule has 1 aliphatic rings. The highest BCUT2D eigenvalue weighted by atomic mass is 16.5. The zero-order chi connectivity index (χ0) is 13.8. The Kier molecular flexibility index (Phi) is 4.42. The van der Waals surface area contributed by atoms with Gasteiger partial charge >= 0.3 is 0 Å². The van der Waals surface area contributed by atoms with Crippen molar-refractivity contribution in [1.29, 1.82) is 0 Å². The SMILES string of the molecule is CC(C)Oc1cc(N[C@@H]2CCCC[C@H]2O)nc(N)n1. The number of ether oxygens (including phenoxy) is 1. The van der Waals surface area contributed by atoms with Gasteiger partial charge in [-0.15, -0.1) is 0 Å². The average Bonchev–Trinajstić information content (AvgIpc) is 2.30. The second-order valence-electron chi connectivity index (χ2n) is 5.22. The van der Waals surface area contributed by atoms with E-state index in [2.05, 4.69) is 15.3 Å². The van der Waals surface area contributed by atoms with Gasteiger partial charge in [-0.25, -0.2) is 0 Å². The molecule has 0 aliphatic heterocycles. The van der Waals surface area contributed by atoms with E-state index >= 15 is 0 Å². The molecule has 2 atom stereocenters. The molecule has 0 spiro atoms. The molecule has 1 saturated carbocycles. The lowest BCUT2D eigenvalue weighted by Gasteiger charge is -2.28. The summed E-state index contributed by atoms with van der Waals surface area (Å²) in [6.07, 6.45) is 3.65. The number of hydrogen-bond acceptors (Lipinski definition) is 6. The zero-order valence-electron chi connectivity index (χ0n) is 11.5. The van der Waals surface area contributed by atoms with Crippen molar-refractivity contribution < 1.29 is 9.84 Å². The van der Waals surface area contributed by atoms with Gasteiger partial charge in [0.1, 0.15) is 5.82 Å². The van der Waals surface area contributed by atoms with E-state index in [1.807, 2.05) is 13.8 Å². The molecule has 6 nitrogen and oxygen atoms in total. The highest BCUT2D eigenvalue weighted by Gasteiger charge is 2.23. The second kappa shape index (κ2) is 6.06. The van der Waals surface area contributed by atoms with Gasteiger partial charge in [0, 0.05) is 6.07 Å². The van der Waals surface area contributed by atoms with Gasteiger partial charge in [-0.3, -0.25) is 0 Å². The van der Waals surface area contributed by atoms with Crippen LogP contribution < -0.4 is 15.8 Å². The third-order valence-corrected chi connectivity index (χ3v) is 3.14. The number of nitrogens with zero attached hydrogens (tertiary/aromatic N) is 2. The van der Waals surface area contributed by atoms with Gasteiger partial charge < -0.3 is 20.9 Å². The normalized spacial score (nSPS) is 23.4. The lowest BCUT2D eigenvalue weighted by molar-refractivity contribution is 0.116. The van der Waals surface area contributed by atoms with Crippen molar-refractivity contribution in [1.82, 2.24) is 9.97 Å². The molecule has 0 radical (unpaired) electrons. The van der Waals surface area contributed by atoms with E-state index in [9.17, 15) is 5.11 Å². The smallest absolute Gasteiger partial charge is 0.225 e. The van der Waals surface area contributed by atoms with Gasteiger partial charge in [0.25, 0.3) is 0 Å². The van der Waals surface area contributed by atoms with Crippen molar-refractivity contribution in [3.8, 4) is 5.88 Å². The average molecular weight is 266 g/mol. The maximum atomic E-state index is 9.95. The summed E-state index contributed by atoms with van der Waals surface area (Å²) in [5, 5.41) is 13.2. The quantitative estimate of drug-likeness (QED) is 0.765. The van der Waals surface area contributed by atoms with Crippen LogP contribution in [-0.2, 0) is 0 Å². The summed E-state index contributed by atoms with van der Waals surface area (Å²) >= 11 is 0. The second-order valence-corrected chi connectivity index (χ2v) is 5.22. The highest BCUT2D eigenvalue weighted by Crippen LogP contribution is 2.23. The third-order valence-electron chi connectivity index (χ3n) is 3.14. The molecule has 4 N–H and O–H groups in total. The van der Waals surface area contributed by atoms with Gasteiger partial charge in [-0.2, -0.15) is 9.97 Å². The number of aliphatic hydroxyl groups excluding tert-OH is 1. The Hall–Kier alpha value is -1.56. The van der Waals surface area contributed by atoms with Crippen LogP contribution in [0.4, 0.5) is 11.8 Å². The van der Waals surface area contributed by atoms with Gasteiger partial charge in [-0.1, -0.05) is 12.8 Å². The fraction of sp³-hybridized carbons (Fsp3) is 0.692. The minimum absolute atomic E-state index is 0.0231. The molecule has 0 saturated heterocycles. The fourth-order valence-electron chi connectivity index (χ4n) is 2.29. The Morgan fingerprint density at radius 2 is 2.11 bits per heavy atom. The monoisotopic (exact) mass is 266 g/mol. The maximum absolute atomic E-state index is 9.95. The molecule has 0 aromatic carbocycles. The van der Waals surface area contributed by atoms with Gasteiger partial charge in [0.15, 0.2) is 0 Å². The Morgan fingerprint density at radius 1 is 1.37 bits per heavy atom. The molecule has 1 heterocycles. The Bertz CT molecular complexity index is 425.